The topological polar surface area (TPSA) is 105 Å². The number of nitro groups is 1. The van der Waals surface area contributed by atoms with Crippen molar-refractivity contribution in [1.82, 2.24) is 4.98 Å². The van der Waals surface area contributed by atoms with Gasteiger partial charge in [-0.25, -0.2) is 4.98 Å². The number of pyridine rings is 1. The second-order valence-electron chi connectivity index (χ2n) is 3.91. The van der Waals surface area contributed by atoms with Gasteiger partial charge in [0.1, 0.15) is 16.1 Å². The molecule has 7 nitrogen and oxygen atoms in total. The second kappa shape index (κ2) is 5.94. The van der Waals surface area contributed by atoms with Gasteiger partial charge in [-0.3, -0.25) is 14.9 Å². The average molecular weight is 328 g/mol. The Labute approximate surface area is 128 Å². The van der Waals surface area contributed by atoms with Crippen molar-refractivity contribution >= 4 is 40.5 Å². The van der Waals surface area contributed by atoms with Gasteiger partial charge in [0.15, 0.2) is 0 Å². The predicted octanol–water partition coefficient (Wildman–Crippen LogP) is 3.25. The standard InChI is InChI=1S/C12H7Cl2N3O4/c13-10-3-6(4-11(14)16-10)12(19)15-8-2-1-7(17(20)21)5-9(8)18/h1-5,18H,(H,15,19). The molecule has 1 amide bonds. The molecule has 0 aliphatic rings. The number of anilines is 1. The van der Waals surface area contributed by atoms with Crippen molar-refractivity contribution in [3.8, 4) is 5.75 Å². The molecule has 0 unspecified atom stereocenters. The van der Waals surface area contributed by atoms with Crippen molar-refractivity contribution < 1.29 is 14.8 Å². The van der Waals surface area contributed by atoms with Crippen molar-refractivity contribution in [1.29, 1.82) is 0 Å². The van der Waals surface area contributed by atoms with Crippen LogP contribution in [-0.2, 0) is 0 Å². The summed E-state index contributed by atoms with van der Waals surface area (Å²) >= 11 is 11.4. The van der Waals surface area contributed by atoms with Gasteiger partial charge < -0.3 is 10.4 Å². The largest absolute Gasteiger partial charge is 0.506 e. The van der Waals surface area contributed by atoms with Gasteiger partial charge in [0.05, 0.1) is 16.7 Å². The van der Waals surface area contributed by atoms with E-state index in [9.17, 15) is 20.0 Å². The first-order valence-corrected chi connectivity index (χ1v) is 6.24. The first kappa shape index (κ1) is 15.0. The highest BCUT2D eigenvalue weighted by Gasteiger charge is 2.14. The van der Waals surface area contributed by atoms with Crippen LogP contribution < -0.4 is 5.32 Å². The van der Waals surface area contributed by atoms with E-state index in [1.165, 1.54) is 18.2 Å². The number of carbonyl (C=O) groups is 1. The summed E-state index contributed by atoms with van der Waals surface area (Å²) in [6.45, 7) is 0. The SMILES string of the molecule is O=C(Nc1ccc([N+](=O)[O-])cc1O)c1cc(Cl)nc(Cl)c1. The third-order valence-corrected chi connectivity index (χ3v) is 2.85. The van der Waals surface area contributed by atoms with Crippen LogP contribution in [0.2, 0.25) is 10.3 Å². The summed E-state index contributed by atoms with van der Waals surface area (Å²) in [5.74, 6) is -1.02. The summed E-state index contributed by atoms with van der Waals surface area (Å²) in [5, 5.41) is 22.7. The summed E-state index contributed by atoms with van der Waals surface area (Å²) in [6.07, 6.45) is 0. The number of phenolic OH excluding ortho intramolecular Hbond substituents is 1. The molecule has 1 heterocycles. The highest BCUT2D eigenvalue weighted by atomic mass is 35.5. The molecule has 0 saturated heterocycles. The minimum Gasteiger partial charge on any atom is -0.506 e. The lowest BCUT2D eigenvalue weighted by Gasteiger charge is -2.07. The van der Waals surface area contributed by atoms with E-state index in [-0.39, 0.29) is 27.2 Å². The third kappa shape index (κ3) is 3.59. The van der Waals surface area contributed by atoms with Crippen LogP contribution in [0.5, 0.6) is 5.75 Å². The number of nitrogens with zero attached hydrogens (tertiary/aromatic N) is 2. The monoisotopic (exact) mass is 327 g/mol. The number of aromatic hydroxyl groups is 1. The molecule has 2 rings (SSSR count). The van der Waals surface area contributed by atoms with Crippen LogP contribution >= 0.6 is 23.2 Å². The van der Waals surface area contributed by atoms with Crippen LogP contribution in [0.15, 0.2) is 30.3 Å². The molecule has 9 heteroatoms. The van der Waals surface area contributed by atoms with Gasteiger partial charge in [-0.2, -0.15) is 0 Å². The molecule has 0 radical (unpaired) electrons. The molecule has 108 valence electrons. The number of non-ortho nitro benzene ring substituents is 1. The molecular weight excluding hydrogens is 321 g/mol. The number of rotatable bonds is 3. The minimum atomic E-state index is -0.659. The molecule has 0 atom stereocenters. The van der Waals surface area contributed by atoms with Crippen molar-refractivity contribution in [3.05, 3.63) is 56.3 Å². The van der Waals surface area contributed by atoms with E-state index in [1.54, 1.807) is 0 Å². The maximum atomic E-state index is 12.0. The molecule has 2 aromatic rings. The zero-order valence-corrected chi connectivity index (χ0v) is 11.7. The molecule has 1 aromatic carbocycles. The number of nitrogens with one attached hydrogen (secondary N) is 1. The summed E-state index contributed by atoms with van der Waals surface area (Å²) < 4.78 is 0. The van der Waals surface area contributed by atoms with Crippen molar-refractivity contribution in [2.75, 3.05) is 5.32 Å². The zero-order valence-electron chi connectivity index (χ0n) is 10.2. The lowest BCUT2D eigenvalue weighted by molar-refractivity contribution is -0.384. The Morgan fingerprint density at radius 2 is 1.86 bits per heavy atom. The molecule has 1 aromatic heterocycles. The Balaban J connectivity index is 2.25. The average Bonchev–Trinajstić information content (AvgIpc) is 2.39. The fraction of sp³-hybridized carbons (Fsp3) is 0. The molecule has 21 heavy (non-hydrogen) atoms. The maximum absolute atomic E-state index is 12.0. The van der Waals surface area contributed by atoms with E-state index >= 15 is 0 Å². The Morgan fingerprint density at radius 3 is 2.38 bits per heavy atom. The molecule has 0 spiro atoms. The third-order valence-electron chi connectivity index (χ3n) is 2.47. The summed E-state index contributed by atoms with van der Waals surface area (Å²) in [6, 6.07) is 5.90. The van der Waals surface area contributed by atoms with Crippen LogP contribution in [0.3, 0.4) is 0 Å². The van der Waals surface area contributed by atoms with Crippen LogP contribution in [0.25, 0.3) is 0 Å². The van der Waals surface area contributed by atoms with Gasteiger partial charge in [0, 0.05) is 11.6 Å². The number of aromatic nitrogens is 1. The van der Waals surface area contributed by atoms with Gasteiger partial charge in [-0.15, -0.1) is 0 Å². The van der Waals surface area contributed by atoms with Crippen LogP contribution in [0, 0.1) is 10.1 Å². The van der Waals surface area contributed by atoms with E-state index in [1.807, 2.05) is 0 Å². The number of hydrogen-bond acceptors (Lipinski definition) is 5. The Bertz CT molecular complexity index is 716. The normalized spacial score (nSPS) is 10.2. The Hall–Kier alpha value is -2.38. The molecule has 0 aliphatic carbocycles. The first-order valence-electron chi connectivity index (χ1n) is 5.48. The predicted molar refractivity (Wildman–Crippen MR) is 77.0 cm³/mol. The highest BCUT2D eigenvalue weighted by Crippen LogP contribution is 2.28. The van der Waals surface area contributed by atoms with Crippen LogP contribution in [0.4, 0.5) is 11.4 Å². The minimum absolute atomic E-state index is 0.0228. The van der Waals surface area contributed by atoms with Crippen molar-refractivity contribution in [3.63, 3.8) is 0 Å². The number of benzene rings is 1. The van der Waals surface area contributed by atoms with Gasteiger partial charge in [0.25, 0.3) is 11.6 Å². The van der Waals surface area contributed by atoms with E-state index in [4.69, 9.17) is 23.2 Å². The van der Waals surface area contributed by atoms with Gasteiger partial charge in [0.2, 0.25) is 0 Å². The number of nitro benzene ring substituents is 1. The second-order valence-corrected chi connectivity index (χ2v) is 4.69. The quantitative estimate of drug-likeness (QED) is 0.389. The summed E-state index contributed by atoms with van der Waals surface area (Å²) in [7, 11) is 0. The summed E-state index contributed by atoms with van der Waals surface area (Å²) in [4.78, 5) is 25.6. The fourth-order valence-electron chi connectivity index (χ4n) is 1.53. The van der Waals surface area contributed by atoms with E-state index in [0.717, 1.165) is 12.1 Å². The summed E-state index contributed by atoms with van der Waals surface area (Å²) in [5.41, 5.74) is -0.132. The number of carbonyl (C=O) groups excluding carboxylic acids is 1. The van der Waals surface area contributed by atoms with E-state index in [0.29, 0.717) is 0 Å². The molecule has 0 aliphatic heterocycles. The van der Waals surface area contributed by atoms with Crippen LogP contribution in [0.1, 0.15) is 10.4 Å². The molecule has 0 saturated carbocycles. The maximum Gasteiger partial charge on any atom is 0.273 e. The smallest absolute Gasteiger partial charge is 0.273 e. The lowest BCUT2D eigenvalue weighted by Crippen LogP contribution is -2.12. The van der Waals surface area contributed by atoms with Gasteiger partial charge in [-0.05, 0) is 18.2 Å². The zero-order chi connectivity index (χ0) is 15.6. The number of halogens is 2. The number of amides is 1. The Kier molecular flexibility index (Phi) is 4.25. The molecular formula is C12H7Cl2N3O4. The first-order chi connectivity index (χ1) is 9.86. The highest BCUT2D eigenvalue weighted by molar-refractivity contribution is 6.33. The molecule has 2 N–H and O–H groups in total. The lowest BCUT2D eigenvalue weighted by atomic mass is 10.2. The Morgan fingerprint density at radius 1 is 1.24 bits per heavy atom. The van der Waals surface area contributed by atoms with Crippen LogP contribution in [-0.4, -0.2) is 20.9 Å². The van der Waals surface area contributed by atoms with Gasteiger partial charge in [-0.1, -0.05) is 23.2 Å². The van der Waals surface area contributed by atoms with E-state index in [2.05, 4.69) is 10.3 Å². The van der Waals surface area contributed by atoms with E-state index < -0.39 is 16.6 Å². The molecule has 0 fully saturated rings. The number of phenols is 1. The fourth-order valence-corrected chi connectivity index (χ4v) is 1.99. The number of hydrogen-bond donors (Lipinski definition) is 2. The van der Waals surface area contributed by atoms with Crippen molar-refractivity contribution in [2.24, 2.45) is 0 Å². The molecule has 0 bridgehead atoms. The van der Waals surface area contributed by atoms with Crippen molar-refractivity contribution in [2.45, 2.75) is 0 Å². The van der Waals surface area contributed by atoms with Gasteiger partial charge >= 0.3 is 0 Å².